The van der Waals surface area contributed by atoms with Gasteiger partial charge in [0.1, 0.15) is 6.04 Å². The molecule has 3 aromatic rings. The second-order valence-corrected chi connectivity index (χ2v) is 13.1. The van der Waals surface area contributed by atoms with Crippen molar-refractivity contribution in [2.24, 2.45) is 11.1 Å². The number of nitrogens with two attached hydrogens (primary N) is 1. The first-order valence-electron chi connectivity index (χ1n) is 14.3. The summed E-state index contributed by atoms with van der Waals surface area (Å²) in [5.74, 6) is -0.220. The van der Waals surface area contributed by atoms with E-state index in [1.54, 1.807) is 21.1 Å². The summed E-state index contributed by atoms with van der Waals surface area (Å²) in [7, 11) is 0. The molecule has 2 heterocycles. The summed E-state index contributed by atoms with van der Waals surface area (Å²) in [6.45, 7) is 9.32. The average molecular weight is 578 g/mol. The van der Waals surface area contributed by atoms with Crippen LogP contribution in [0.3, 0.4) is 0 Å². The summed E-state index contributed by atoms with van der Waals surface area (Å²) >= 11 is 1.56. The van der Waals surface area contributed by atoms with E-state index in [4.69, 9.17) is 5.73 Å². The Hall–Kier alpha value is -3.27. The monoisotopic (exact) mass is 577 g/mol. The van der Waals surface area contributed by atoms with E-state index in [2.05, 4.69) is 10.3 Å². The third kappa shape index (κ3) is 8.38. The van der Waals surface area contributed by atoms with Gasteiger partial charge in [0.25, 0.3) is 0 Å². The Morgan fingerprint density at radius 2 is 1.66 bits per heavy atom. The van der Waals surface area contributed by atoms with Crippen molar-refractivity contribution in [2.45, 2.75) is 77.7 Å². The average Bonchev–Trinajstić information content (AvgIpc) is 3.49. The molecule has 8 nitrogen and oxygen atoms in total. The van der Waals surface area contributed by atoms with Crippen LogP contribution < -0.4 is 11.1 Å². The molecule has 1 aliphatic heterocycles. The summed E-state index contributed by atoms with van der Waals surface area (Å²) in [5, 5.41) is 17.3. The number of aliphatic hydroxyl groups is 1. The summed E-state index contributed by atoms with van der Waals surface area (Å²) in [6, 6.07) is 18.1. The third-order valence-electron chi connectivity index (χ3n) is 7.53. The molecule has 0 saturated carbocycles. The van der Waals surface area contributed by atoms with E-state index in [1.165, 1.54) is 0 Å². The molecule has 3 amide bonds. The van der Waals surface area contributed by atoms with Crippen LogP contribution in [-0.2, 0) is 24.2 Å². The molecule has 1 aromatic heterocycles. The highest BCUT2D eigenvalue weighted by Crippen LogP contribution is 2.29. The van der Waals surface area contributed by atoms with Gasteiger partial charge in [-0.3, -0.25) is 4.79 Å². The molecule has 0 bridgehead atoms. The number of hydrogen-bond acceptors (Lipinski definition) is 6. The molecule has 9 heteroatoms. The Labute approximate surface area is 247 Å². The predicted molar refractivity (Wildman–Crippen MR) is 163 cm³/mol. The lowest BCUT2D eigenvalue weighted by Gasteiger charge is -2.37. The smallest absolute Gasteiger partial charge is 0.321 e. The van der Waals surface area contributed by atoms with Crippen LogP contribution in [0.2, 0.25) is 0 Å². The first-order valence-corrected chi connectivity index (χ1v) is 15.2. The van der Waals surface area contributed by atoms with Gasteiger partial charge >= 0.3 is 6.03 Å². The lowest BCUT2D eigenvalue weighted by Crippen LogP contribution is -2.57. The number of aliphatic hydroxyl groups excluding tert-OH is 1. The Balaban J connectivity index is 1.48. The van der Waals surface area contributed by atoms with Crippen molar-refractivity contribution in [3.05, 3.63) is 87.9 Å². The van der Waals surface area contributed by atoms with Crippen molar-refractivity contribution in [3.8, 4) is 0 Å². The Morgan fingerprint density at radius 1 is 1.05 bits per heavy atom. The standard InChI is InChI=1S/C32H43N5O3S/c1-22-34-26(21-41-22)20-36-15-16-37(31(36)40)29(32(2,3)4)30(39)35-25(17-23-11-7-5-8-12-23)19-28(38)27(33)18-24-13-9-6-10-14-24/h5-14,21,25,27-29,38H,15-20,33H2,1-4H3,(H,35,39)/t25-,27-,28-,29+/m0/s1. The number of carbonyl (C=O) groups is 2. The number of aryl methyl sites for hydroxylation is 1. The third-order valence-corrected chi connectivity index (χ3v) is 8.35. The normalized spacial score (nSPS) is 16.9. The molecule has 220 valence electrons. The van der Waals surface area contributed by atoms with Crippen LogP contribution in [0, 0.1) is 12.3 Å². The zero-order chi connectivity index (χ0) is 29.6. The highest BCUT2D eigenvalue weighted by Gasteiger charge is 2.44. The minimum atomic E-state index is -0.817. The largest absolute Gasteiger partial charge is 0.391 e. The highest BCUT2D eigenvalue weighted by atomic mass is 32.1. The van der Waals surface area contributed by atoms with E-state index in [9.17, 15) is 14.7 Å². The first kappa shape index (κ1) is 30.7. The molecule has 1 aliphatic rings. The van der Waals surface area contributed by atoms with Crippen molar-refractivity contribution >= 4 is 23.3 Å². The van der Waals surface area contributed by atoms with E-state index in [0.29, 0.717) is 38.9 Å². The van der Waals surface area contributed by atoms with Gasteiger partial charge in [-0.1, -0.05) is 81.4 Å². The molecule has 2 aromatic carbocycles. The van der Waals surface area contributed by atoms with Gasteiger partial charge < -0.3 is 26.0 Å². The lowest BCUT2D eigenvalue weighted by molar-refractivity contribution is -0.129. The summed E-state index contributed by atoms with van der Waals surface area (Å²) in [5.41, 5.74) is 8.89. The predicted octanol–water partition coefficient (Wildman–Crippen LogP) is 4.15. The van der Waals surface area contributed by atoms with Crippen LogP contribution in [0.4, 0.5) is 4.79 Å². The van der Waals surface area contributed by atoms with Crippen LogP contribution in [0.25, 0.3) is 0 Å². The van der Waals surface area contributed by atoms with Gasteiger partial charge in [0.15, 0.2) is 0 Å². The maximum atomic E-state index is 14.0. The van der Waals surface area contributed by atoms with Gasteiger partial charge in [0.05, 0.1) is 23.4 Å². The molecular formula is C32H43N5O3S. The van der Waals surface area contributed by atoms with Gasteiger partial charge in [0, 0.05) is 30.6 Å². The number of nitrogens with zero attached hydrogens (tertiary/aromatic N) is 3. The number of carbonyl (C=O) groups excluding carboxylic acids is 2. The molecule has 0 radical (unpaired) electrons. The molecule has 0 aliphatic carbocycles. The van der Waals surface area contributed by atoms with E-state index >= 15 is 0 Å². The Kier molecular flexibility index (Phi) is 10.2. The van der Waals surface area contributed by atoms with Gasteiger partial charge in [-0.15, -0.1) is 11.3 Å². The number of urea groups is 1. The molecule has 4 rings (SSSR count). The van der Waals surface area contributed by atoms with Crippen molar-refractivity contribution in [1.82, 2.24) is 20.1 Å². The quantitative estimate of drug-likeness (QED) is 0.299. The zero-order valence-electron chi connectivity index (χ0n) is 24.5. The number of aromatic nitrogens is 1. The van der Waals surface area contributed by atoms with Crippen molar-refractivity contribution in [2.75, 3.05) is 13.1 Å². The van der Waals surface area contributed by atoms with Crippen molar-refractivity contribution in [3.63, 3.8) is 0 Å². The van der Waals surface area contributed by atoms with Crippen LogP contribution in [-0.4, -0.2) is 69.1 Å². The molecule has 0 unspecified atom stereocenters. The minimum absolute atomic E-state index is 0.157. The van der Waals surface area contributed by atoms with E-state index in [-0.39, 0.29) is 18.0 Å². The van der Waals surface area contributed by atoms with Gasteiger partial charge in [-0.05, 0) is 42.7 Å². The first-order chi connectivity index (χ1) is 19.5. The van der Waals surface area contributed by atoms with Gasteiger partial charge in [-0.2, -0.15) is 0 Å². The Morgan fingerprint density at radius 3 is 2.22 bits per heavy atom. The molecule has 41 heavy (non-hydrogen) atoms. The number of rotatable bonds is 12. The fourth-order valence-electron chi connectivity index (χ4n) is 5.53. The molecule has 4 N–H and O–H groups in total. The van der Waals surface area contributed by atoms with Gasteiger partial charge in [0.2, 0.25) is 5.91 Å². The van der Waals surface area contributed by atoms with E-state index in [1.807, 2.05) is 93.7 Å². The zero-order valence-corrected chi connectivity index (χ0v) is 25.3. The summed E-state index contributed by atoms with van der Waals surface area (Å²) < 4.78 is 0. The highest BCUT2D eigenvalue weighted by molar-refractivity contribution is 7.09. The summed E-state index contributed by atoms with van der Waals surface area (Å²) in [6.07, 6.45) is 0.564. The SMILES string of the molecule is Cc1nc(CN2CCN([C@H](C(=O)N[C@@H](Cc3ccccc3)C[C@H](O)[C@@H](N)Cc3ccccc3)C(C)(C)C)C2=O)cs1. The van der Waals surface area contributed by atoms with Crippen LogP contribution in [0.1, 0.15) is 49.0 Å². The second-order valence-electron chi connectivity index (χ2n) is 12.1. The molecule has 1 saturated heterocycles. The number of amides is 3. The lowest BCUT2D eigenvalue weighted by atomic mass is 9.84. The van der Waals surface area contributed by atoms with Crippen LogP contribution >= 0.6 is 11.3 Å². The number of nitrogens with one attached hydrogen (secondary N) is 1. The Bertz CT molecular complexity index is 1280. The number of hydrogen-bond donors (Lipinski definition) is 3. The van der Waals surface area contributed by atoms with Crippen LogP contribution in [0.5, 0.6) is 0 Å². The molecule has 4 atom stereocenters. The van der Waals surface area contributed by atoms with Crippen molar-refractivity contribution < 1.29 is 14.7 Å². The van der Waals surface area contributed by atoms with Crippen LogP contribution in [0.15, 0.2) is 66.0 Å². The van der Waals surface area contributed by atoms with Gasteiger partial charge in [-0.25, -0.2) is 9.78 Å². The number of benzene rings is 2. The van der Waals surface area contributed by atoms with E-state index < -0.39 is 23.6 Å². The van der Waals surface area contributed by atoms with E-state index in [0.717, 1.165) is 21.8 Å². The number of thiazole rings is 1. The fourth-order valence-corrected chi connectivity index (χ4v) is 6.13. The maximum absolute atomic E-state index is 14.0. The van der Waals surface area contributed by atoms with Crippen molar-refractivity contribution in [1.29, 1.82) is 0 Å². The second kappa shape index (κ2) is 13.6. The molecular weight excluding hydrogens is 534 g/mol. The fraction of sp³-hybridized carbons (Fsp3) is 0.469. The summed E-state index contributed by atoms with van der Waals surface area (Å²) in [4.78, 5) is 35.5. The maximum Gasteiger partial charge on any atom is 0.321 e. The molecule has 1 fully saturated rings. The molecule has 0 spiro atoms. The minimum Gasteiger partial charge on any atom is -0.391 e. The topological polar surface area (TPSA) is 112 Å².